The highest BCUT2D eigenvalue weighted by Gasteiger charge is 2.50. The average molecular weight is 343 g/mol. The zero-order valence-electron chi connectivity index (χ0n) is 14.6. The SMILES string of the molecule is CCCNC(=O)CC1CC2OC(CNC(=O)NC(C)C)C(O)C2O1. The average Bonchev–Trinajstić information content (AvgIpc) is 3.01. The summed E-state index contributed by atoms with van der Waals surface area (Å²) < 4.78 is 11.6. The van der Waals surface area contributed by atoms with Crippen LogP contribution >= 0.6 is 0 Å². The van der Waals surface area contributed by atoms with E-state index in [9.17, 15) is 14.7 Å². The fourth-order valence-corrected chi connectivity index (χ4v) is 3.06. The normalized spacial score (nSPS) is 31.8. The molecule has 8 heteroatoms. The Morgan fingerprint density at radius 2 is 2.00 bits per heavy atom. The highest BCUT2D eigenvalue weighted by atomic mass is 16.6. The minimum atomic E-state index is -0.807. The lowest BCUT2D eigenvalue weighted by Crippen LogP contribution is -2.45. The topological polar surface area (TPSA) is 109 Å². The zero-order valence-corrected chi connectivity index (χ0v) is 14.6. The molecule has 2 saturated heterocycles. The minimum absolute atomic E-state index is 0.0418. The summed E-state index contributed by atoms with van der Waals surface area (Å²) in [4.78, 5) is 23.3. The third-order valence-corrected chi connectivity index (χ3v) is 4.15. The molecule has 2 fully saturated rings. The Bertz CT molecular complexity index is 445. The van der Waals surface area contributed by atoms with Crippen molar-refractivity contribution in [3.8, 4) is 0 Å². The maximum absolute atomic E-state index is 11.7. The molecule has 2 rings (SSSR count). The van der Waals surface area contributed by atoms with Crippen molar-refractivity contribution in [2.24, 2.45) is 0 Å². The van der Waals surface area contributed by atoms with E-state index in [1.54, 1.807) is 0 Å². The Balaban J connectivity index is 1.73. The second-order valence-electron chi connectivity index (χ2n) is 6.73. The lowest BCUT2D eigenvalue weighted by Gasteiger charge is -2.20. The van der Waals surface area contributed by atoms with Crippen LogP contribution in [0.2, 0.25) is 0 Å². The summed E-state index contributed by atoms with van der Waals surface area (Å²) in [5, 5.41) is 18.5. The van der Waals surface area contributed by atoms with Crippen molar-refractivity contribution in [1.29, 1.82) is 0 Å². The van der Waals surface area contributed by atoms with E-state index in [1.807, 2.05) is 20.8 Å². The van der Waals surface area contributed by atoms with Crippen LogP contribution in [0.3, 0.4) is 0 Å². The van der Waals surface area contributed by atoms with Gasteiger partial charge in [0.1, 0.15) is 18.3 Å². The van der Waals surface area contributed by atoms with E-state index in [0.717, 1.165) is 6.42 Å². The Morgan fingerprint density at radius 3 is 2.62 bits per heavy atom. The third kappa shape index (κ3) is 5.06. The molecule has 0 radical (unpaired) electrons. The van der Waals surface area contributed by atoms with E-state index in [-0.39, 0.29) is 43.2 Å². The molecule has 5 unspecified atom stereocenters. The number of nitrogens with one attached hydrogen (secondary N) is 3. The van der Waals surface area contributed by atoms with Gasteiger partial charge in [-0.05, 0) is 20.3 Å². The number of carbonyl (C=O) groups is 2. The number of aliphatic hydroxyl groups excluding tert-OH is 1. The predicted octanol–water partition coefficient (Wildman–Crippen LogP) is -0.104. The summed E-state index contributed by atoms with van der Waals surface area (Å²) in [5.41, 5.74) is 0. The molecule has 8 nitrogen and oxygen atoms in total. The lowest BCUT2D eigenvalue weighted by molar-refractivity contribution is -0.124. The van der Waals surface area contributed by atoms with Crippen LogP contribution in [0.4, 0.5) is 4.79 Å². The first kappa shape index (κ1) is 19.0. The monoisotopic (exact) mass is 343 g/mol. The largest absolute Gasteiger partial charge is 0.388 e. The van der Waals surface area contributed by atoms with Gasteiger partial charge in [-0.3, -0.25) is 4.79 Å². The van der Waals surface area contributed by atoms with Crippen LogP contribution in [-0.2, 0) is 14.3 Å². The summed E-state index contributed by atoms with van der Waals surface area (Å²) in [5.74, 6) is -0.0418. The number of fused-ring (bicyclic) bond motifs is 1. The first-order valence-corrected chi connectivity index (χ1v) is 8.70. The van der Waals surface area contributed by atoms with E-state index in [0.29, 0.717) is 13.0 Å². The number of hydrogen-bond donors (Lipinski definition) is 4. The van der Waals surface area contributed by atoms with Crippen molar-refractivity contribution in [3.63, 3.8) is 0 Å². The molecule has 2 aliphatic rings. The Morgan fingerprint density at radius 1 is 1.25 bits per heavy atom. The quantitative estimate of drug-likeness (QED) is 0.516. The number of aliphatic hydroxyl groups is 1. The molecule has 0 aromatic rings. The summed E-state index contributed by atoms with van der Waals surface area (Å²) >= 11 is 0. The highest BCUT2D eigenvalue weighted by molar-refractivity contribution is 5.76. The van der Waals surface area contributed by atoms with Gasteiger partial charge in [0, 0.05) is 25.6 Å². The van der Waals surface area contributed by atoms with Gasteiger partial charge in [0.15, 0.2) is 0 Å². The van der Waals surface area contributed by atoms with Gasteiger partial charge in [0.25, 0.3) is 0 Å². The van der Waals surface area contributed by atoms with Crippen LogP contribution in [0.1, 0.15) is 40.0 Å². The van der Waals surface area contributed by atoms with Crippen LogP contribution in [-0.4, -0.2) is 66.7 Å². The van der Waals surface area contributed by atoms with Gasteiger partial charge in [-0.2, -0.15) is 0 Å². The highest BCUT2D eigenvalue weighted by Crippen LogP contribution is 2.35. The van der Waals surface area contributed by atoms with Gasteiger partial charge in [-0.15, -0.1) is 0 Å². The van der Waals surface area contributed by atoms with Crippen molar-refractivity contribution in [1.82, 2.24) is 16.0 Å². The van der Waals surface area contributed by atoms with Crippen molar-refractivity contribution < 1.29 is 24.2 Å². The van der Waals surface area contributed by atoms with Crippen LogP contribution in [0.25, 0.3) is 0 Å². The van der Waals surface area contributed by atoms with E-state index in [2.05, 4.69) is 16.0 Å². The van der Waals surface area contributed by atoms with Gasteiger partial charge in [-0.25, -0.2) is 4.79 Å². The standard InChI is InChI=1S/C16H29N3O5/c1-4-5-17-13(20)7-10-6-11-15(23-10)14(21)12(24-11)8-18-16(22)19-9(2)3/h9-12,14-15,21H,4-8H2,1-3H3,(H,17,20)(H2,18,19,22). The van der Waals surface area contributed by atoms with Crippen molar-refractivity contribution >= 4 is 11.9 Å². The van der Waals surface area contributed by atoms with Crippen molar-refractivity contribution in [2.45, 2.75) is 76.6 Å². The second-order valence-corrected chi connectivity index (χ2v) is 6.73. The van der Waals surface area contributed by atoms with E-state index >= 15 is 0 Å². The molecule has 0 aromatic carbocycles. The molecule has 2 heterocycles. The number of hydrogen-bond acceptors (Lipinski definition) is 5. The maximum Gasteiger partial charge on any atom is 0.315 e. The number of urea groups is 1. The molecular weight excluding hydrogens is 314 g/mol. The van der Waals surface area contributed by atoms with Crippen molar-refractivity contribution in [3.05, 3.63) is 0 Å². The van der Waals surface area contributed by atoms with Crippen LogP contribution < -0.4 is 16.0 Å². The maximum atomic E-state index is 11.7. The molecule has 0 aromatic heterocycles. The number of amides is 3. The van der Waals surface area contributed by atoms with Crippen LogP contribution in [0.15, 0.2) is 0 Å². The first-order chi connectivity index (χ1) is 11.4. The van der Waals surface area contributed by atoms with Gasteiger partial charge in [0.05, 0.1) is 18.6 Å². The van der Waals surface area contributed by atoms with Crippen LogP contribution in [0, 0.1) is 0 Å². The Labute approximate surface area is 142 Å². The second kappa shape index (κ2) is 8.64. The molecule has 4 N–H and O–H groups in total. The number of ether oxygens (including phenoxy) is 2. The van der Waals surface area contributed by atoms with E-state index in [4.69, 9.17) is 9.47 Å². The molecule has 24 heavy (non-hydrogen) atoms. The Kier molecular flexibility index (Phi) is 6.82. The fraction of sp³-hybridized carbons (Fsp3) is 0.875. The van der Waals surface area contributed by atoms with E-state index < -0.39 is 18.3 Å². The summed E-state index contributed by atoms with van der Waals surface area (Å²) in [6.45, 7) is 6.61. The summed E-state index contributed by atoms with van der Waals surface area (Å²) in [6, 6.07) is -0.244. The van der Waals surface area contributed by atoms with Gasteiger partial charge >= 0.3 is 6.03 Å². The first-order valence-electron chi connectivity index (χ1n) is 8.70. The van der Waals surface area contributed by atoms with Crippen molar-refractivity contribution in [2.75, 3.05) is 13.1 Å². The lowest BCUT2D eigenvalue weighted by atomic mass is 10.1. The summed E-state index contributed by atoms with van der Waals surface area (Å²) in [6.07, 6.45) is -0.448. The molecule has 0 spiro atoms. The zero-order chi connectivity index (χ0) is 17.7. The molecule has 0 saturated carbocycles. The van der Waals surface area contributed by atoms with Gasteiger partial charge in [-0.1, -0.05) is 6.92 Å². The predicted molar refractivity (Wildman–Crippen MR) is 87.5 cm³/mol. The molecule has 5 atom stereocenters. The molecule has 3 amide bonds. The third-order valence-electron chi connectivity index (χ3n) is 4.15. The Hall–Kier alpha value is -1.38. The van der Waals surface area contributed by atoms with Gasteiger partial charge < -0.3 is 30.5 Å². The number of carbonyl (C=O) groups excluding carboxylic acids is 2. The molecule has 0 aliphatic carbocycles. The molecule has 0 bridgehead atoms. The molecule has 2 aliphatic heterocycles. The smallest absolute Gasteiger partial charge is 0.315 e. The minimum Gasteiger partial charge on any atom is -0.388 e. The number of rotatable bonds is 7. The molecule has 138 valence electrons. The van der Waals surface area contributed by atoms with Crippen LogP contribution in [0.5, 0.6) is 0 Å². The van der Waals surface area contributed by atoms with Gasteiger partial charge in [0.2, 0.25) is 5.91 Å². The van der Waals surface area contributed by atoms with E-state index in [1.165, 1.54) is 0 Å². The fourth-order valence-electron chi connectivity index (χ4n) is 3.06. The summed E-state index contributed by atoms with van der Waals surface area (Å²) in [7, 11) is 0. The molecular formula is C16H29N3O5.